The van der Waals surface area contributed by atoms with Gasteiger partial charge >= 0.3 is 0 Å². The van der Waals surface area contributed by atoms with E-state index in [9.17, 15) is 0 Å². The first-order valence-electron chi connectivity index (χ1n) is 7.50. The molecule has 0 aromatic heterocycles. The van der Waals surface area contributed by atoms with Crippen molar-refractivity contribution in [1.82, 2.24) is 5.32 Å². The van der Waals surface area contributed by atoms with Gasteiger partial charge in [-0.3, -0.25) is 0 Å². The van der Waals surface area contributed by atoms with Gasteiger partial charge in [-0.25, -0.2) is 0 Å². The Morgan fingerprint density at radius 3 is 2.90 bits per heavy atom. The first kappa shape index (κ1) is 14.4. The van der Waals surface area contributed by atoms with Crippen LogP contribution in [-0.4, -0.2) is 6.61 Å². The van der Waals surface area contributed by atoms with Crippen LogP contribution in [0.15, 0.2) is 42.5 Å². The molecule has 2 nitrogen and oxygen atoms in total. The Balaban J connectivity index is 1.72. The van der Waals surface area contributed by atoms with Crippen molar-refractivity contribution < 1.29 is 4.74 Å². The average molecular weight is 302 g/mol. The molecule has 0 fully saturated rings. The summed E-state index contributed by atoms with van der Waals surface area (Å²) in [6, 6.07) is 14.9. The van der Waals surface area contributed by atoms with E-state index in [1.165, 1.54) is 11.1 Å². The van der Waals surface area contributed by atoms with E-state index in [0.717, 1.165) is 42.3 Å². The molecule has 2 aromatic rings. The average Bonchev–Trinajstić information content (AvgIpc) is 2.97. The number of nitrogens with one attached hydrogen (secondary N) is 1. The SMILES string of the molecule is CCC(NCc1ccccc1Cl)c1ccc2c(c1)CCO2. The molecule has 0 radical (unpaired) electrons. The molecular weight excluding hydrogens is 282 g/mol. The molecule has 0 spiro atoms. The molecule has 0 amide bonds. The van der Waals surface area contributed by atoms with Crippen molar-refractivity contribution >= 4 is 11.6 Å². The van der Waals surface area contributed by atoms with Crippen LogP contribution in [0, 0.1) is 0 Å². The number of halogens is 1. The molecule has 0 aliphatic carbocycles. The molecule has 21 heavy (non-hydrogen) atoms. The second kappa shape index (κ2) is 6.50. The number of rotatable bonds is 5. The van der Waals surface area contributed by atoms with E-state index in [-0.39, 0.29) is 0 Å². The molecule has 1 unspecified atom stereocenters. The van der Waals surface area contributed by atoms with Crippen molar-refractivity contribution in [2.45, 2.75) is 32.4 Å². The zero-order chi connectivity index (χ0) is 14.7. The van der Waals surface area contributed by atoms with Gasteiger partial charge in [0.2, 0.25) is 0 Å². The minimum Gasteiger partial charge on any atom is -0.493 e. The van der Waals surface area contributed by atoms with Crippen molar-refractivity contribution in [3.05, 3.63) is 64.2 Å². The maximum absolute atomic E-state index is 6.22. The molecular formula is C18H20ClNO. The van der Waals surface area contributed by atoms with E-state index in [2.05, 4.69) is 36.5 Å². The van der Waals surface area contributed by atoms with Crippen LogP contribution in [0.2, 0.25) is 5.02 Å². The first-order chi connectivity index (χ1) is 10.3. The standard InChI is InChI=1S/C18H20ClNO/c1-2-17(20-12-15-5-3-4-6-16(15)19)13-7-8-18-14(11-13)9-10-21-18/h3-8,11,17,20H,2,9-10,12H2,1H3. The quantitative estimate of drug-likeness (QED) is 0.877. The first-order valence-corrected chi connectivity index (χ1v) is 7.88. The van der Waals surface area contributed by atoms with Gasteiger partial charge in [0.1, 0.15) is 5.75 Å². The molecule has 2 aromatic carbocycles. The third kappa shape index (κ3) is 3.22. The van der Waals surface area contributed by atoms with Crippen LogP contribution >= 0.6 is 11.6 Å². The van der Waals surface area contributed by atoms with Gasteiger partial charge < -0.3 is 10.1 Å². The molecule has 3 heteroatoms. The Bertz CT molecular complexity index is 626. The van der Waals surface area contributed by atoms with Gasteiger partial charge in [-0.1, -0.05) is 48.9 Å². The molecule has 0 bridgehead atoms. The third-order valence-corrected chi connectivity index (χ3v) is 4.39. The fraction of sp³-hybridized carbons (Fsp3) is 0.333. The summed E-state index contributed by atoms with van der Waals surface area (Å²) in [6.07, 6.45) is 2.06. The van der Waals surface area contributed by atoms with E-state index < -0.39 is 0 Å². The molecule has 0 saturated heterocycles. The second-order valence-corrected chi connectivity index (χ2v) is 5.81. The lowest BCUT2D eigenvalue weighted by molar-refractivity contribution is 0.356. The Hall–Kier alpha value is -1.51. The van der Waals surface area contributed by atoms with Gasteiger partial charge in [0.05, 0.1) is 6.61 Å². The maximum atomic E-state index is 6.22. The van der Waals surface area contributed by atoms with Crippen molar-refractivity contribution in [1.29, 1.82) is 0 Å². The fourth-order valence-electron chi connectivity index (χ4n) is 2.80. The second-order valence-electron chi connectivity index (χ2n) is 5.40. The minimum atomic E-state index is 0.340. The van der Waals surface area contributed by atoms with Crippen molar-refractivity contribution in [3.63, 3.8) is 0 Å². The zero-order valence-electron chi connectivity index (χ0n) is 12.2. The molecule has 110 valence electrons. The number of fused-ring (bicyclic) bond motifs is 1. The van der Waals surface area contributed by atoms with Crippen molar-refractivity contribution in [2.75, 3.05) is 6.61 Å². The van der Waals surface area contributed by atoms with E-state index in [0.29, 0.717) is 6.04 Å². The van der Waals surface area contributed by atoms with Gasteiger partial charge in [-0.2, -0.15) is 0 Å². The Morgan fingerprint density at radius 2 is 2.10 bits per heavy atom. The van der Waals surface area contributed by atoms with Crippen LogP contribution in [0.25, 0.3) is 0 Å². The van der Waals surface area contributed by atoms with Crippen LogP contribution < -0.4 is 10.1 Å². The number of benzene rings is 2. The smallest absolute Gasteiger partial charge is 0.122 e. The lowest BCUT2D eigenvalue weighted by Gasteiger charge is -2.18. The predicted octanol–water partition coefficient (Wildman–Crippen LogP) is 4.52. The normalized spacial score (nSPS) is 14.6. The molecule has 1 N–H and O–H groups in total. The van der Waals surface area contributed by atoms with Crippen LogP contribution in [0.1, 0.15) is 36.1 Å². The van der Waals surface area contributed by atoms with E-state index in [4.69, 9.17) is 16.3 Å². The monoisotopic (exact) mass is 301 g/mol. The van der Waals surface area contributed by atoms with Crippen LogP contribution in [0.3, 0.4) is 0 Å². The van der Waals surface area contributed by atoms with Gasteiger partial charge in [0.15, 0.2) is 0 Å². The molecule has 1 aliphatic rings. The summed E-state index contributed by atoms with van der Waals surface area (Å²) in [5.41, 5.74) is 3.79. The Labute approximate surface area is 131 Å². The summed E-state index contributed by atoms with van der Waals surface area (Å²) in [5.74, 6) is 1.04. The molecule has 1 aliphatic heterocycles. The fourth-order valence-corrected chi connectivity index (χ4v) is 3.00. The highest BCUT2D eigenvalue weighted by Crippen LogP contribution is 2.29. The highest BCUT2D eigenvalue weighted by molar-refractivity contribution is 6.31. The molecule has 3 rings (SSSR count). The Morgan fingerprint density at radius 1 is 1.24 bits per heavy atom. The van der Waals surface area contributed by atoms with Crippen molar-refractivity contribution in [3.8, 4) is 5.75 Å². The summed E-state index contributed by atoms with van der Waals surface area (Å²) in [7, 11) is 0. The minimum absolute atomic E-state index is 0.340. The lowest BCUT2D eigenvalue weighted by Crippen LogP contribution is -2.20. The van der Waals surface area contributed by atoms with E-state index in [1.807, 2.05) is 18.2 Å². The highest BCUT2D eigenvalue weighted by Gasteiger charge is 2.16. The summed E-state index contributed by atoms with van der Waals surface area (Å²) in [4.78, 5) is 0. The van der Waals surface area contributed by atoms with Gasteiger partial charge in [-0.15, -0.1) is 0 Å². The van der Waals surface area contributed by atoms with Gasteiger partial charge in [0, 0.05) is 24.0 Å². The Kier molecular flexibility index (Phi) is 4.47. The summed E-state index contributed by atoms with van der Waals surface area (Å²) in [5, 5.41) is 4.43. The maximum Gasteiger partial charge on any atom is 0.122 e. The van der Waals surface area contributed by atoms with Gasteiger partial charge in [-0.05, 0) is 35.2 Å². The van der Waals surface area contributed by atoms with Crippen LogP contribution in [-0.2, 0) is 13.0 Å². The topological polar surface area (TPSA) is 21.3 Å². The zero-order valence-corrected chi connectivity index (χ0v) is 13.0. The molecule has 1 atom stereocenters. The van der Waals surface area contributed by atoms with Crippen molar-refractivity contribution in [2.24, 2.45) is 0 Å². The largest absolute Gasteiger partial charge is 0.493 e. The molecule has 1 heterocycles. The third-order valence-electron chi connectivity index (χ3n) is 4.02. The number of hydrogen-bond donors (Lipinski definition) is 1. The summed E-state index contributed by atoms with van der Waals surface area (Å²) < 4.78 is 5.57. The lowest BCUT2D eigenvalue weighted by atomic mass is 10.0. The molecule has 0 saturated carbocycles. The van der Waals surface area contributed by atoms with Crippen LogP contribution in [0.5, 0.6) is 5.75 Å². The highest BCUT2D eigenvalue weighted by atomic mass is 35.5. The van der Waals surface area contributed by atoms with E-state index in [1.54, 1.807) is 0 Å². The summed E-state index contributed by atoms with van der Waals surface area (Å²) in [6.45, 7) is 3.79. The summed E-state index contributed by atoms with van der Waals surface area (Å²) >= 11 is 6.22. The predicted molar refractivity (Wildman–Crippen MR) is 87.0 cm³/mol. The van der Waals surface area contributed by atoms with Crippen LogP contribution in [0.4, 0.5) is 0 Å². The van der Waals surface area contributed by atoms with Gasteiger partial charge in [0.25, 0.3) is 0 Å². The number of ether oxygens (including phenoxy) is 1. The number of hydrogen-bond acceptors (Lipinski definition) is 2. The van der Waals surface area contributed by atoms with E-state index >= 15 is 0 Å².